The zero-order valence-corrected chi connectivity index (χ0v) is 48.8. The molecule has 6 nitrogen and oxygen atoms in total. The highest BCUT2D eigenvalue weighted by atomic mass is 16.6. The quantitative estimate of drug-likeness (QED) is 0.0261. The molecular weight excluding hydrogens is 913 g/mol. The van der Waals surface area contributed by atoms with Gasteiger partial charge in [0.15, 0.2) is 6.10 Å². The van der Waals surface area contributed by atoms with Crippen molar-refractivity contribution >= 4 is 17.9 Å². The van der Waals surface area contributed by atoms with Crippen LogP contribution < -0.4 is 0 Å². The van der Waals surface area contributed by atoms with Crippen LogP contribution in [-0.4, -0.2) is 37.2 Å². The van der Waals surface area contributed by atoms with E-state index in [0.29, 0.717) is 19.3 Å². The average Bonchev–Trinajstić information content (AvgIpc) is 3.40. The van der Waals surface area contributed by atoms with Gasteiger partial charge in [-0.05, 0) is 89.9 Å². The lowest BCUT2D eigenvalue weighted by molar-refractivity contribution is -0.167. The predicted octanol–water partition coefficient (Wildman–Crippen LogP) is 21.5. The molecule has 0 aliphatic rings. The molecule has 426 valence electrons. The molecule has 0 N–H and O–H groups in total. The van der Waals surface area contributed by atoms with Gasteiger partial charge in [0.1, 0.15) is 13.2 Å². The second-order valence-corrected chi connectivity index (χ2v) is 20.9. The largest absolute Gasteiger partial charge is 0.462 e. The van der Waals surface area contributed by atoms with Gasteiger partial charge >= 0.3 is 17.9 Å². The fraction of sp³-hybridized carbons (Fsp3) is 0.750. The van der Waals surface area contributed by atoms with E-state index in [4.69, 9.17) is 14.2 Å². The summed E-state index contributed by atoms with van der Waals surface area (Å²) in [5.74, 6) is -0.909. The first-order chi connectivity index (χ1) is 36.5. The second-order valence-electron chi connectivity index (χ2n) is 20.9. The van der Waals surface area contributed by atoms with Gasteiger partial charge in [-0.1, -0.05) is 286 Å². The topological polar surface area (TPSA) is 78.9 Å². The monoisotopic (exact) mass is 1030 g/mol. The minimum atomic E-state index is -0.794. The highest BCUT2D eigenvalue weighted by molar-refractivity contribution is 5.71. The van der Waals surface area contributed by atoms with Crippen molar-refractivity contribution in [3.8, 4) is 0 Å². The van der Waals surface area contributed by atoms with E-state index in [1.807, 2.05) is 0 Å². The zero-order chi connectivity index (χ0) is 53.6. The molecule has 1 unspecified atom stereocenters. The summed E-state index contributed by atoms with van der Waals surface area (Å²) in [6.07, 6.45) is 81.6. The Bertz CT molecular complexity index is 1420. The van der Waals surface area contributed by atoms with Crippen LogP contribution in [0.2, 0.25) is 0 Å². The van der Waals surface area contributed by atoms with E-state index in [-0.39, 0.29) is 31.1 Å². The Morgan fingerprint density at radius 2 is 0.527 bits per heavy atom. The SMILES string of the molecule is CC/C=C\C/C=C\C/C=C\C/C=C\CCCCCCC(=O)OC(COC(=O)CCCCCCCCC/C=C\C/C=C\C/C=C\CC)COC(=O)CCCCCCCCCCCCCCCCCCCCCCCC. The molecule has 0 rings (SSSR count). The Morgan fingerprint density at radius 1 is 0.284 bits per heavy atom. The van der Waals surface area contributed by atoms with Gasteiger partial charge in [-0.25, -0.2) is 0 Å². The van der Waals surface area contributed by atoms with Gasteiger partial charge in [-0.3, -0.25) is 14.4 Å². The maximum absolute atomic E-state index is 12.9. The summed E-state index contributed by atoms with van der Waals surface area (Å²) in [4.78, 5) is 38.3. The summed E-state index contributed by atoms with van der Waals surface area (Å²) in [6.45, 7) is 6.43. The maximum Gasteiger partial charge on any atom is 0.306 e. The summed E-state index contributed by atoms with van der Waals surface area (Å²) >= 11 is 0. The van der Waals surface area contributed by atoms with Gasteiger partial charge in [0.05, 0.1) is 0 Å². The third kappa shape index (κ3) is 59.5. The number of hydrogen-bond acceptors (Lipinski definition) is 6. The second kappa shape index (κ2) is 62.1. The van der Waals surface area contributed by atoms with E-state index in [9.17, 15) is 14.4 Å². The van der Waals surface area contributed by atoms with Crippen molar-refractivity contribution in [3.05, 3.63) is 85.1 Å². The number of carbonyl (C=O) groups excluding carboxylic acids is 3. The molecule has 0 saturated heterocycles. The number of ether oxygens (including phenoxy) is 3. The summed E-state index contributed by atoms with van der Waals surface area (Å²) in [5.41, 5.74) is 0. The fourth-order valence-electron chi connectivity index (χ4n) is 8.98. The molecule has 6 heteroatoms. The molecule has 74 heavy (non-hydrogen) atoms. The van der Waals surface area contributed by atoms with Gasteiger partial charge in [0.25, 0.3) is 0 Å². The van der Waals surface area contributed by atoms with Crippen LogP contribution in [0.3, 0.4) is 0 Å². The van der Waals surface area contributed by atoms with E-state index >= 15 is 0 Å². The van der Waals surface area contributed by atoms with Crippen molar-refractivity contribution < 1.29 is 28.6 Å². The fourth-order valence-corrected chi connectivity index (χ4v) is 8.98. The number of esters is 3. The number of hydrogen-bond donors (Lipinski definition) is 0. The highest BCUT2D eigenvalue weighted by Crippen LogP contribution is 2.17. The third-order valence-electron chi connectivity index (χ3n) is 13.6. The molecule has 0 bridgehead atoms. The maximum atomic E-state index is 12.9. The first-order valence-electron chi connectivity index (χ1n) is 31.6. The Labute approximate surface area is 458 Å². The van der Waals surface area contributed by atoms with Crippen molar-refractivity contribution in [1.82, 2.24) is 0 Å². The van der Waals surface area contributed by atoms with Crippen LogP contribution in [-0.2, 0) is 28.6 Å². The molecule has 0 aromatic heterocycles. The van der Waals surface area contributed by atoms with Crippen molar-refractivity contribution in [1.29, 1.82) is 0 Å². The molecule has 0 spiro atoms. The van der Waals surface area contributed by atoms with Crippen molar-refractivity contribution in [2.45, 2.75) is 316 Å². The number of allylic oxidation sites excluding steroid dienone is 14. The minimum Gasteiger partial charge on any atom is -0.462 e. The standard InChI is InChI=1S/C68H118O6/c1-4-7-10-13-16-19-22-25-28-31-32-33-34-35-38-40-43-46-49-52-55-58-61-67(70)73-64-65(74-68(71)62-59-56-53-50-47-44-41-37-30-27-24-21-18-15-12-9-6-3)63-72-66(69)60-57-54-51-48-45-42-39-36-29-26-23-20-17-14-11-8-5-2/h8-9,11-12,17-18,20-21,26-27,29-30,41,44,65H,4-7,10,13-16,19,22-25,28,31-40,42-43,45-64H2,1-3H3/b11-8-,12-9-,20-17-,21-18-,29-26-,30-27-,44-41-. The van der Waals surface area contributed by atoms with Crippen LogP contribution in [0.25, 0.3) is 0 Å². The van der Waals surface area contributed by atoms with E-state index in [2.05, 4.69) is 106 Å². The molecule has 0 aromatic carbocycles. The van der Waals surface area contributed by atoms with Gasteiger partial charge in [0.2, 0.25) is 0 Å². The first-order valence-corrected chi connectivity index (χ1v) is 31.6. The van der Waals surface area contributed by atoms with Crippen LogP contribution >= 0.6 is 0 Å². The smallest absolute Gasteiger partial charge is 0.306 e. The normalized spacial score (nSPS) is 12.6. The van der Waals surface area contributed by atoms with E-state index < -0.39 is 6.10 Å². The Morgan fingerprint density at radius 3 is 0.824 bits per heavy atom. The van der Waals surface area contributed by atoms with E-state index in [1.165, 1.54) is 148 Å². The van der Waals surface area contributed by atoms with Crippen molar-refractivity contribution in [2.75, 3.05) is 13.2 Å². The van der Waals surface area contributed by atoms with Crippen LogP contribution in [0.15, 0.2) is 85.1 Å². The van der Waals surface area contributed by atoms with Crippen LogP contribution in [0.4, 0.5) is 0 Å². The molecule has 0 aliphatic carbocycles. The van der Waals surface area contributed by atoms with Crippen LogP contribution in [0.1, 0.15) is 310 Å². The zero-order valence-electron chi connectivity index (χ0n) is 48.8. The molecule has 0 radical (unpaired) electrons. The van der Waals surface area contributed by atoms with Gasteiger partial charge in [-0.15, -0.1) is 0 Å². The number of unbranched alkanes of at least 4 members (excludes halogenated alkanes) is 32. The van der Waals surface area contributed by atoms with E-state index in [1.54, 1.807) is 0 Å². The Kier molecular flexibility index (Phi) is 59.3. The molecule has 0 amide bonds. The average molecular weight is 1030 g/mol. The van der Waals surface area contributed by atoms with Gasteiger partial charge < -0.3 is 14.2 Å². The molecule has 0 aliphatic heterocycles. The van der Waals surface area contributed by atoms with Crippen LogP contribution in [0, 0.1) is 0 Å². The summed E-state index contributed by atoms with van der Waals surface area (Å²) in [5, 5.41) is 0. The Balaban J connectivity index is 4.37. The van der Waals surface area contributed by atoms with Crippen molar-refractivity contribution in [3.63, 3.8) is 0 Å². The lowest BCUT2D eigenvalue weighted by Gasteiger charge is -2.18. The molecule has 1 atom stereocenters. The lowest BCUT2D eigenvalue weighted by atomic mass is 10.0. The summed E-state index contributed by atoms with van der Waals surface area (Å²) in [6, 6.07) is 0. The molecule has 0 heterocycles. The number of carbonyl (C=O) groups is 3. The minimum absolute atomic E-state index is 0.0875. The van der Waals surface area contributed by atoms with Gasteiger partial charge in [-0.2, -0.15) is 0 Å². The highest BCUT2D eigenvalue weighted by Gasteiger charge is 2.19. The van der Waals surface area contributed by atoms with Crippen LogP contribution in [0.5, 0.6) is 0 Å². The predicted molar refractivity (Wildman–Crippen MR) is 321 cm³/mol. The molecule has 0 fully saturated rings. The summed E-state index contributed by atoms with van der Waals surface area (Å²) in [7, 11) is 0. The number of rotatable bonds is 57. The third-order valence-corrected chi connectivity index (χ3v) is 13.6. The lowest BCUT2D eigenvalue weighted by Crippen LogP contribution is -2.30. The van der Waals surface area contributed by atoms with Crippen molar-refractivity contribution in [2.24, 2.45) is 0 Å². The molecular formula is C68H118O6. The van der Waals surface area contributed by atoms with Gasteiger partial charge in [0, 0.05) is 19.3 Å². The van der Waals surface area contributed by atoms with E-state index in [0.717, 1.165) is 122 Å². The molecule has 0 aromatic rings. The molecule has 0 saturated carbocycles. The Hall–Kier alpha value is -3.41. The summed E-state index contributed by atoms with van der Waals surface area (Å²) < 4.78 is 16.9. The first kappa shape index (κ1) is 70.6.